The fraction of sp³-hybridized carbons (Fsp3) is 0.300. The molecule has 0 saturated carbocycles. The normalized spacial score (nSPS) is 22.8. The maximum atomic E-state index is 12.5. The van der Waals surface area contributed by atoms with E-state index in [4.69, 9.17) is 0 Å². The SMILES string of the molecule is CC1CCNCC1NC(=O)c1ccc(NC2=NS(=O)(=O)c3ccccc32)cc1. The molecule has 2 heterocycles. The predicted octanol–water partition coefficient (Wildman–Crippen LogP) is 1.98. The minimum atomic E-state index is -3.66. The number of amidine groups is 1. The molecule has 4 rings (SSSR count). The molecule has 2 aliphatic heterocycles. The number of hydrogen-bond acceptors (Lipinski definition) is 5. The van der Waals surface area contributed by atoms with E-state index < -0.39 is 10.0 Å². The number of piperidine rings is 1. The van der Waals surface area contributed by atoms with Crippen LogP contribution in [-0.4, -0.2) is 39.3 Å². The van der Waals surface area contributed by atoms with Crippen molar-refractivity contribution in [3.8, 4) is 0 Å². The molecule has 2 atom stereocenters. The molecule has 2 aliphatic rings. The van der Waals surface area contributed by atoms with Gasteiger partial charge in [0.25, 0.3) is 15.9 Å². The molecule has 1 fully saturated rings. The van der Waals surface area contributed by atoms with E-state index in [0.717, 1.165) is 19.5 Å². The minimum absolute atomic E-state index is 0.113. The summed E-state index contributed by atoms with van der Waals surface area (Å²) in [6, 6.07) is 13.7. The fourth-order valence-corrected chi connectivity index (χ4v) is 4.65. The molecule has 0 aliphatic carbocycles. The highest BCUT2D eigenvalue weighted by molar-refractivity contribution is 7.90. The minimum Gasteiger partial charge on any atom is -0.348 e. The molecule has 2 unspecified atom stereocenters. The van der Waals surface area contributed by atoms with Crippen molar-refractivity contribution in [2.75, 3.05) is 18.4 Å². The molecule has 0 bridgehead atoms. The largest absolute Gasteiger partial charge is 0.348 e. The maximum absolute atomic E-state index is 12.5. The molecule has 7 nitrogen and oxygen atoms in total. The van der Waals surface area contributed by atoms with E-state index in [1.807, 2.05) is 0 Å². The van der Waals surface area contributed by atoms with E-state index in [-0.39, 0.29) is 22.7 Å². The average molecular weight is 398 g/mol. The van der Waals surface area contributed by atoms with Crippen molar-refractivity contribution in [3.63, 3.8) is 0 Å². The van der Waals surface area contributed by atoms with Gasteiger partial charge in [-0.2, -0.15) is 8.42 Å². The number of carbonyl (C=O) groups excluding carboxylic acids is 1. The highest BCUT2D eigenvalue weighted by Gasteiger charge is 2.28. The lowest BCUT2D eigenvalue weighted by molar-refractivity contribution is 0.0915. The van der Waals surface area contributed by atoms with Crippen LogP contribution in [0, 0.1) is 5.92 Å². The Balaban J connectivity index is 1.46. The van der Waals surface area contributed by atoms with Gasteiger partial charge in [0.1, 0.15) is 4.90 Å². The fourth-order valence-electron chi connectivity index (χ4n) is 3.47. The highest BCUT2D eigenvalue weighted by Crippen LogP contribution is 2.26. The summed E-state index contributed by atoms with van der Waals surface area (Å²) in [5, 5.41) is 9.41. The monoisotopic (exact) mass is 398 g/mol. The zero-order valence-corrected chi connectivity index (χ0v) is 16.3. The first kappa shape index (κ1) is 18.6. The Labute approximate surface area is 164 Å². The Bertz CT molecular complexity index is 1030. The van der Waals surface area contributed by atoms with E-state index in [1.54, 1.807) is 42.5 Å². The van der Waals surface area contributed by atoms with Crippen LogP contribution >= 0.6 is 0 Å². The first-order chi connectivity index (χ1) is 13.4. The summed E-state index contributed by atoms with van der Waals surface area (Å²) in [4.78, 5) is 12.7. The van der Waals surface area contributed by atoms with E-state index in [9.17, 15) is 13.2 Å². The third kappa shape index (κ3) is 3.65. The summed E-state index contributed by atoms with van der Waals surface area (Å²) in [6.07, 6.45) is 1.04. The van der Waals surface area contributed by atoms with Gasteiger partial charge in [0.2, 0.25) is 0 Å². The van der Waals surface area contributed by atoms with Gasteiger partial charge >= 0.3 is 0 Å². The Morgan fingerprint density at radius 2 is 1.89 bits per heavy atom. The van der Waals surface area contributed by atoms with Gasteiger partial charge in [-0.15, -0.1) is 4.40 Å². The zero-order chi connectivity index (χ0) is 19.7. The molecular formula is C20H22N4O3S. The van der Waals surface area contributed by atoms with Crippen molar-refractivity contribution in [2.45, 2.75) is 24.3 Å². The van der Waals surface area contributed by atoms with Gasteiger partial charge in [-0.3, -0.25) is 4.79 Å². The van der Waals surface area contributed by atoms with E-state index >= 15 is 0 Å². The Kier molecular flexibility index (Phi) is 4.91. The molecule has 2 aromatic rings. The smallest absolute Gasteiger partial charge is 0.285 e. The molecule has 28 heavy (non-hydrogen) atoms. The van der Waals surface area contributed by atoms with E-state index in [2.05, 4.69) is 27.3 Å². The van der Waals surface area contributed by atoms with Crippen molar-refractivity contribution >= 4 is 27.5 Å². The second-order valence-electron chi connectivity index (χ2n) is 7.16. The molecule has 1 saturated heterocycles. The molecular weight excluding hydrogens is 376 g/mol. The molecule has 0 aromatic heterocycles. The summed E-state index contributed by atoms with van der Waals surface area (Å²) < 4.78 is 28.1. The lowest BCUT2D eigenvalue weighted by Crippen LogP contribution is -2.50. The molecule has 1 amide bonds. The number of rotatable bonds is 3. The van der Waals surface area contributed by atoms with Crippen LogP contribution in [0.15, 0.2) is 57.8 Å². The van der Waals surface area contributed by atoms with Gasteiger partial charge in [0.05, 0.1) is 0 Å². The Morgan fingerprint density at radius 1 is 1.14 bits per heavy atom. The summed E-state index contributed by atoms with van der Waals surface area (Å²) in [6.45, 7) is 3.91. The van der Waals surface area contributed by atoms with Gasteiger partial charge in [-0.25, -0.2) is 0 Å². The van der Waals surface area contributed by atoms with Crippen LogP contribution in [0.1, 0.15) is 29.3 Å². The number of benzene rings is 2. The van der Waals surface area contributed by atoms with Gasteiger partial charge in [0.15, 0.2) is 5.84 Å². The van der Waals surface area contributed by atoms with Gasteiger partial charge in [-0.05, 0) is 55.3 Å². The van der Waals surface area contributed by atoms with Crippen LogP contribution in [-0.2, 0) is 10.0 Å². The van der Waals surface area contributed by atoms with Gasteiger partial charge in [0, 0.05) is 29.4 Å². The summed E-state index contributed by atoms with van der Waals surface area (Å²) in [5.41, 5.74) is 1.77. The number of fused-ring (bicyclic) bond motifs is 1. The number of sulfonamides is 1. The van der Waals surface area contributed by atoms with E-state index in [0.29, 0.717) is 22.7 Å². The topological polar surface area (TPSA) is 99.7 Å². The number of carbonyl (C=O) groups is 1. The molecule has 8 heteroatoms. The standard InChI is InChI=1S/C20H22N4O3S/c1-13-10-11-21-12-17(13)23-20(25)14-6-8-15(9-7-14)22-19-16-4-2-3-5-18(16)28(26,27)24-19/h2-9,13,17,21H,10-12H2,1H3,(H,22,24)(H,23,25). The average Bonchev–Trinajstić information content (AvgIpc) is 2.95. The van der Waals surface area contributed by atoms with Crippen LogP contribution in [0.4, 0.5) is 5.69 Å². The number of nitrogens with one attached hydrogen (secondary N) is 3. The van der Waals surface area contributed by atoms with Crippen molar-refractivity contribution in [2.24, 2.45) is 10.3 Å². The van der Waals surface area contributed by atoms with Crippen molar-refractivity contribution in [1.29, 1.82) is 0 Å². The zero-order valence-electron chi connectivity index (χ0n) is 15.5. The third-order valence-corrected chi connectivity index (χ3v) is 6.52. The lowest BCUT2D eigenvalue weighted by atomic mass is 9.94. The van der Waals surface area contributed by atoms with Crippen LogP contribution in [0.2, 0.25) is 0 Å². The van der Waals surface area contributed by atoms with Crippen LogP contribution in [0.3, 0.4) is 0 Å². The van der Waals surface area contributed by atoms with Crippen LogP contribution < -0.4 is 16.0 Å². The molecule has 3 N–H and O–H groups in total. The Morgan fingerprint density at radius 3 is 2.64 bits per heavy atom. The third-order valence-electron chi connectivity index (χ3n) is 5.19. The number of hydrogen-bond donors (Lipinski definition) is 3. The highest BCUT2D eigenvalue weighted by atomic mass is 32.2. The summed E-state index contributed by atoms with van der Waals surface area (Å²) >= 11 is 0. The number of nitrogens with zero attached hydrogens (tertiary/aromatic N) is 1. The predicted molar refractivity (Wildman–Crippen MR) is 108 cm³/mol. The molecule has 0 spiro atoms. The maximum Gasteiger partial charge on any atom is 0.285 e. The molecule has 0 radical (unpaired) electrons. The van der Waals surface area contributed by atoms with Crippen molar-refractivity contribution in [3.05, 3.63) is 59.7 Å². The Hall–Kier alpha value is -2.71. The molecule has 146 valence electrons. The first-order valence-corrected chi connectivity index (χ1v) is 10.7. The van der Waals surface area contributed by atoms with Gasteiger partial charge < -0.3 is 16.0 Å². The summed E-state index contributed by atoms with van der Waals surface area (Å²) in [7, 11) is -3.66. The number of anilines is 1. The van der Waals surface area contributed by atoms with Crippen LogP contribution in [0.25, 0.3) is 0 Å². The van der Waals surface area contributed by atoms with Gasteiger partial charge in [-0.1, -0.05) is 19.1 Å². The van der Waals surface area contributed by atoms with Crippen LogP contribution in [0.5, 0.6) is 0 Å². The van der Waals surface area contributed by atoms with Crippen molar-refractivity contribution in [1.82, 2.24) is 10.6 Å². The van der Waals surface area contributed by atoms with E-state index in [1.165, 1.54) is 6.07 Å². The second kappa shape index (κ2) is 7.37. The molecule has 2 aromatic carbocycles. The summed E-state index contributed by atoms with van der Waals surface area (Å²) in [5.74, 6) is 0.613. The quantitative estimate of drug-likeness (QED) is 0.734. The second-order valence-corrected chi connectivity index (χ2v) is 8.74. The first-order valence-electron chi connectivity index (χ1n) is 9.27. The number of amides is 1. The lowest BCUT2D eigenvalue weighted by Gasteiger charge is -2.30. The van der Waals surface area contributed by atoms with Crippen molar-refractivity contribution < 1.29 is 13.2 Å².